The van der Waals surface area contributed by atoms with Crippen LogP contribution in [0.15, 0.2) is 85.1 Å². The van der Waals surface area contributed by atoms with Crippen LogP contribution >= 0.6 is 11.6 Å². The first-order chi connectivity index (χ1) is 17.2. The van der Waals surface area contributed by atoms with E-state index in [4.69, 9.17) is 11.6 Å². The fourth-order valence-electron chi connectivity index (χ4n) is 4.20. The van der Waals surface area contributed by atoms with Gasteiger partial charge in [-0.2, -0.15) is 13.2 Å². The molecule has 9 heteroatoms. The van der Waals surface area contributed by atoms with Crippen molar-refractivity contribution in [2.24, 2.45) is 0 Å². The molecule has 0 aliphatic carbocycles. The summed E-state index contributed by atoms with van der Waals surface area (Å²) in [6.45, 7) is 1.01. The monoisotopic (exact) mass is 509 g/mol. The molecule has 1 aromatic heterocycles. The Morgan fingerprint density at radius 2 is 1.67 bits per heavy atom. The van der Waals surface area contributed by atoms with Crippen molar-refractivity contribution in [3.63, 3.8) is 0 Å². The molecule has 0 saturated heterocycles. The Kier molecular flexibility index (Phi) is 6.05. The van der Waals surface area contributed by atoms with Crippen LogP contribution in [0, 0.1) is 0 Å². The summed E-state index contributed by atoms with van der Waals surface area (Å²) in [5.41, 5.74) is 2.18. The Morgan fingerprint density at radius 1 is 0.861 bits per heavy atom. The highest BCUT2D eigenvalue weighted by Gasteiger charge is 2.31. The Morgan fingerprint density at radius 3 is 2.44 bits per heavy atom. The van der Waals surface area contributed by atoms with E-state index in [1.54, 1.807) is 4.90 Å². The van der Waals surface area contributed by atoms with E-state index < -0.39 is 17.6 Å². The molecule has 1 aliphatic rings. The summed E-state index contributed by atoms with van der Waals surface area (Å²) in [5, 5.41) is 2.61. The zero-order valence-electron chi connectivity index (χ0n) is 18.7. The van der Waals surface area contributed by atoms with Gasteiger partial charge in [-0.3, -0.25) is 9.59 Å². The average molecular weight is 510 g/mol. The van der Waals surface area contributed by atoms with Gasteiger partial charge in [0, 0.05) is 35.2 Å². The van der Waals surface area contributed by atoms with Gasteiger partial charge in [-0.1, -0.05) is 35.9 Å². The Balaban J connectivity index is 1.40. The van der Waals surface area contributed by atoms with Crippen molar-refractivity contribution < 1.29 is 22.8 Å². The molecular weight excluding hydrogens is 491 g/mol. The number of benzene rings is 3. The van der Waals surface area contributed by atoms with E-state index in [0.717, 1.165) is 35.1 Å². The molecule has 5 rings (SSSR count). The second kappa shape index (κ2) is 9.20. The number of fused-ring (bicyclic) bond motifs is 2. The third-order valence-corrected chi connectivity index (χ3v) is 6.34. The first-order valence-electron chi connectivity index (χ1n) is 11.0. The van der Waals surface area contributed by atoms with Gasteiger partial charge >= 0.3 is 6.18 Å². The number of aromatic nitrogens is 1. The quantitative estimate of drug-likeness (QED) is 0.337. The lowest BCUT2D eigenvalue weighted by molar-refractivity contribution is -0.137. The predicted molar refractivity (Wildman–Crippen MR) is 131 cm³/mol. The van der Waals surface area contributed by atoms with Crippen LogP contribution in [0.5, 0.6) is 0 Å². The van der Waals surface area contributed by atoms with Gasteiger partial charge < -0.3 is 14.8 Å². The van der Waals surface area contributed by atoms with Crippen molar-refractivity contribution in [2.45, 2.75) is 19.3 Å². The highest BCUT2D eigenvalue weighted by atomic mass is 35.5. The SMILES string of the molecule is O=C(Nc1ccc(C(=O)N2Cc3cccn3Cc3ccccc32)cc1Cl)c1cccc(C(F)(F)F)c1. The minimum absolute atomic E-state index is 0.0904. The van der Waals surface area contributed by atoms with E-state index >= 15 is 0 Å². The minimum atomic E-state index is -4.57. The second-order valence-electron chi connectivity index (χ2n) is 8.37. The normalized spacial score (nSPS) is 12.9. The van der Waals surface area contributed by atoms with Gasteiger partial charge in [0.05, 0.1) is 22.8 Å². The van der Waals surface area contributed by atoms with E-state index in [9.17, 15) is 22.8 Å². The number of amides is 2. The fourth-order valence-corrected chi connectivity index (χ4v) is 4.43. The number of alkyl halides is 3. The number of rotatable bonds is 3. The van der Waals surface area contributed by atoms with Crippen LogP contribution in [0.4, 0.5) is 24.5 Å². The molecule has 5 nitrogen and oxygen atoms in total. The Hall–Kier alpha value is -4.04. The molecule has 0 atom stereocenters. The predicted octanol–water partition coefficient (Wildman–Crippen LogP) is 6.62. The molecule has 4 aromatic rings. The van der Waals surface area contributed by atoms with Crippen LogP contribution in [0.2, 0.25) is 5.02 Å². The number of hydrogen-bond donors (Lipinski definition) is 1. The largest absolute Gasteiger partial charge is 0.416 e. The Labute approximate surface area is 209 Å². The van der Waals surface area contributed by atoms with Crippen LogP contribution in [0.25, 0.3) is 0 Å². The lowest BCUT2D eigenvalue weighted by atomic mass is 10.1. The highest BCUT2D eigenvalue weighted by Crippen LogP contribution is 2.32. The first-order valence-corrected chi connectivity index (χ1v) is 11.4. The Bertz CT molecular complexity index is 1480. The van der Waals surface area contributed by atoms with Crippen molar-refractivity contribution in [1.82, 2.24) is 4.57 Å². The van der Waals surface area contributed by atoms with Crippen LogP contribution in [0.1, 0.15) is 37.5 Å². The number of nitrogens with zero attached hydrogens (tertiary/aromatic N) is 2. The summed E-state index contributed by atoms with van der Waals surface area (Å²) in [6, 6.07) is 20.1. The van der Waals surface area contributed by atoms with Gasteiger partial charge in [0.25, 0.3) is 11.8 Å². The summed E-state index contributed by atoms with van der Waals surface area (Å²) in [5.74, 6) is -1.01. The molecular formula is C27H19ClF3N3O2. The van der Waals surface area contributed by atoms with Crippen LogP contribution in [0.3, 0.4) is 0 Å². The van der Waals surface area contributed by atoms with E-state index in [1.165, 1.54) is 24.3 Å². The van der Waals surface area contributed by atoms with E-state index in [2.05, 4.69) is 9.88 Å². The number of halogens is 4. The zero-order valence-corrected chi connectivity index (χ0v) is 19.5. The smallest absolute Gasteiger partial charge is 0.345 e. The number of nitrogens with one attached hydrogen (secondary N) is 1. The van der Waals surface area contributed by atoms with Crippen molar-refractivity contribution >= 4 is 34.8 Å². The molecule has 1 N–H and O–H groups in total. The number of para-hydroxylation sites is 1. The molecule has 3 aromatic carbocycles. The molecule has 0 fully saturated rings. The van der Waals surface area contributed by atoms with Gasteiger partial charge in [-0.05, 0) is 60.2 Å². The highest BCUT2D eigenvalue weighted by molar-refractivity contribution is 6.34. The molecule has 0 saturated carbocycles. The van der Waals surface area contributed by atoms with Crippen LogP contribution in [-0.4, -0.2) is 16.4 Å². The molecule has 0 unspecified atom stereocenters. The summed E-state index contributed by atoms with van der Waals surface area (Å²) in [7, 11) is 0. The summed E-state index contributed by atoms with van der Waals surface area (Å²) in [6.07, 6.45) is -2.59. The van der Waals surface area contributed by atoms with Gasteiger partial charge in [0.1, 0.15) is 0 Å². The third kappa shape index (κ3) is 4.59. The van der Waals surface area contributed by atoms with Gasteiger partial charge in [-0.25, -0.2) is 0 Å². The molecule has 182 valence electrons. The van der Waals surface area contributed by atoms with E-state index in [-0.39, 0.29) is 22.2 Å². The summed E-state index contributed by atoms with van der Waals surface area (Å²) in [4.78, 5) is 27.8. The average Bonchev–Trinajstić information content (AvgIpc) is 3.23. The molecule has 0 bridgehead atoms. The molecule has 1 aliphatic heterocycles. The number of hydrogen-bond acceptors (Lipinski definition) is 2. The third-order valence-electron chi connectivity index (χ3n) is 6.03. The van der Waals surface area contributed by atoms with Crippen LogP contribution < -0.4 is 10.2 Å². The fraction of sp³-hybridized carbons (Fsp3) is 0.111. The van der Waals surface area contributed by atoms with Gasteiger partial charge in [-0.15, -0.1) is 0 Å². The summed E-state index contributed by atoms with van der Waals surface area (Å²) < 4.78 is 41.1. The zero-order chi connectivity index (χ0) is 25.4. The topological polar surface area (TPSA) is 54.3 Å². The first kappa shape index (κ1) is 23.7. The van der Waals surface area contributed by atoms with Crippen molar-refractivity contribution in [3.05, 3.63) is 118 Å². The molecule has 0 spiro atoms. The standard InChI is InChI=1S/C27H19ClF3N3O2/c28-22-14-18(10-11-23(22)32-25(35)17-6-3-7-20(13-17)27(29,30)31)26(36)34-16-21-8-4-12-33(21)15-19-5-1-2-9-24(19)34/h1-14H,15-16H2,(H,32,35). The molecule has 2 heterocycles. The lowest BCUT2D eigenvalue weighted by Gasteiger charge is -2.23. The van der Waals surface area contributed by atoms with E-state index in [1.807, 2.05) is 42.6 Å². The van der Waals surface area contributed by atoms with E-state index in [0.29, 0.717) is 18.7 Å². The maximum Gasteiger partial charge on any atom is 0.416 e. The molecule has 36 heavy (non-hydrogen) atoms. The van der Waals surface area contributed by atoms with Crippen LogP contribution in [-0.2, 0) is 19.3 Å². The molecule has 2 amide bonds. The van der Waals surface area contributed by atoms with Crippen molar-refractivity contribution in [2.75, 3.05) is 10.2 Å². The molecule has 0 radical (unpaired) electrons. The minimum Gasteiger partial charge on any atom is -0.345 e. The lowest BCUT2D eigenvalue weighted by Crippen LogP contribution is -2.30. The second-order valence-corrected chi connectivity index (χ2v) is 8.78. The number of carbonyl (C=O) groups is 2. The maximum absolute atomic E-state index is 13.5. The van der Waals surface area contributed by atoms with Gasteiger partial charge in [0.2, 0.25) is 0 Å². The van der Waals surface area contributed by atoms with Crippen molar-refractivity contribution in [3.8, 4) is 0 Å². The number of anilines is 2. The summed E-state index contributed by atoms with van der Waals surface area (Å²) >= 11 is 6.37. The van der Waals surface area contributed by atoms with Gasteiger partial charge in [0.15, 0.2) is 0 Å². The van der Waals surface area contributed by atoms with Crippen molar-refractivity contribution in [1.29, 1.82) is 0 Å². The number of carbonyl (C=O) groups excluding carboxylic acids is 2. The maximum atomic E-state index is 13.5.